The molecule has 4 atom stereocenters. The first-order valence-corrected chi connectivity index (χ1v) is 9.23. The van der Waals surface area contributed by atoms with Gasteiger partial charge < -0.3 is 9.25 Å². The van der Waals surface area contributed by atoms with Crippen molar-refractivity contribution in [2.75, 3.05) is 0 Å². The van der Waals surface area contributed by atoms with E-state index < -0.39 is 43.7 Å². The number of carbonyl (C=O) groups is 3. The van der Waals surface area contributed by atoms with Crippen molar-refractivity contribution in [2.45, 2.75) is 14.1 Å². The number of hydrogen-bond acceptors (Lipinski definition) is 5. The Kier molecular flexibility index (Phi) is 3.93. The van der Waals surface area contributed by atoms with Gasteiger partial charge >= 0.3 is 5.97 Å². The molecule has 3 aliphatic rings. The Morgan fingerprint density at radius 1 is 1.04 bits per heavy atom. The van der Waals surface area contributed by atoms with Crippen molar-refractivity contribution in [1.82, 2.24) is 5.06 Å². The van der Waals surface area contributed by atoms with Crippen LogP contribution in [-0.4, -0.2) is 36.9 Å². The molecular formula is C14H5Cl6NO5. The second-order valence-corrected chi connectivity index (χ2v) is 9.18. The van der Waals surface area contributed by atoms with Crippen molar-refractivity contribution in [3.05, 3.63) is 34.2 Å². The fourth-order valence-electron chi connectivity index (χ4n) is 3.58. The van der Waals surface area contributed by atoms with Crippen molar-refractivity contribution in [1.29, 1.82) is 0 Å². The van der Waals surface area contributed by atoms with E-state index in [1.54, 1.807) is 0 Å². The Balaban J connectivity index is 1.76. The molecule has 138 valence electrons. The Labute approximate surface area is 175 Å². The molecule has 0 N–H and O–H groups in total. The highest BCUT2D eigenvalue weighted by Gasteiger charge is 2.88. The van der Waals surface area contributed by atoms with Crippen LogP contribution in [0.2, 0.25) is 0 Å². The van der Waals surface area contributed by atoms with Crippen LogP contribution in [0.4, 0.5) is 0 Å². The molecule has 26 heavy (non-hydrogen) atoms. The van der Waals surface area contributed by atoms with Crippen LogP contribution >= 0.6 is 69.6 Å². The number of amides is 2. The molecule has 0 unspecified atom stereocenters. The van der Waals surface area contributed by atoms with Gasteiger partial charge in [0.1, 0.15) is 9.75 Å². The number of halogens is 6. The number of imide groups is 1. The average molecular weight is 480 g/mol. The molecule has 2 bridgehead atoms. The van der Waals surface area contributed by atoms with Crippen LogP contribution < -0.4 is 0 Å². The maximum absolute atomic E-state index is 12.8. The van der Waals surface area contributed by atoms with Gasteiger partial charge in [0.2, 0.25) is 5.76 Å². The van der Waals surface area contributed by atoms with Gasteiger partial charge in [-0.1, -0.05) is 46.4 Å². The molecule has 4 rings (SSSR count). The molecule has 2 heterocycles. The minimum Gasteiger partial charge on any atom is -0.457 e. The molecular weight excluding hydrogens is 475 g/mol. The first kappa shape index (κ1) is 18.7. The third kappa shape index (κ3) is 1.81. The zero-order chi connectivity index (χ0) is 19.2. The van der Waals surface area contributed by atoms with Gasteiger partial charge in [0.15, 0.2) is 4.33 Å². The maximum Gasteiger partial charge on any atom is 0.398 e. The normalized spacial score (nSPS) is 37.5. The highest BCUT2D eigenvalue weighted by Crippen LogP contribution is 2.77. The molecule has 0 radical (unpaired) electrons. The number of alkyl halides is 4. The van der Waals surface area contributed by atoms with E-state index in [0.717, 1.165) is 0 Å². The number of furan rings is 1. The zero-order valence-electron chi connectivity index (χ0n) is 12.1. The van der Waals surface area contributed by atoms with Gasteiger partial charge in [-0.25, -0.2) is 4.79 Å². The molecule has 1 aliphatic heterocycles. The fraction of sp³-hybridized carbons (Fsp3) is 0.357. The van der Waals surface area contributed by atoms with Gasteiger partial charge in [0.05, 0.1) is 28.2 Å². The molecule has 2 fully saturated rings. The summed E-state index contributed by atoms with van der Waals surface area (Å²) in [6, 6.07) is 2.72. The summed E-state index contributed by atoms with van der Waals surface area (Å²) in [5.41, 5.74) is 0. The molecule has 0 spiro atoms. The lowest BCUT2D eigenvalue weighted by molar-refractivity contribution is -0.175. The summed E-state index contributed by atoms with van der Waals surface area (Å²) in [6.45, 7) is 0. The third-order valence-electron chi connectivity index (χ3n) is 4.76. The topological polar surface area (TPSA) is 76.8 Å². The van der Waals surface area contributed by atoms with E-state index in [9.17, 15) is 14.4 Å². The molecule has 1 aromatic heterocycles. The number of hydrogen-bond donors (Lipinski definition) is 0. The van der Waals surface area contributed by atoms with E-state index in [4.69, 9.17) is 78.9 Å². The summed E-state index contributed by atoms with van der Waals surface area (Å²) in [5.74, 6) is -5.96. The van der Waals surface area contributed by atoms with Crippen molar-refractivity contribution in [2.24, 2.45) is 11.8 Å². The maximum atomic E-state index is 12.8. The number of nitrogens with zero attached hydrogens (tertiary/aromatic N) is 1. The average Bonchev–Trinajstić information content (AvgIpc) is 3.25. The summed E-state index contributed by atoms with van der Waals surface area (Å²) in [7, 11) is 0. The number of allylic oxidation sites excluding steroid dienone is 2. The Hall–Kier alpha value is -0.630. The lowest BCUT2D eigenvalue weighted by Crippen LogP contribution is -2.50. The summed E-state index contributed by atoms with van der Waals surface area (Å²) in [5, 5.41) is -0.207. The Morgan fingerprint density at radius 3 is 1.96 bits per heavy atom. The van der Waals surface area contributed by atoms with Gasteiger partial charge in [-0.2, -0.15) is 0 Å². The van der Waals surface area contributed by atoms with Crippen molar-refractivity contribution in [3.8, 4) is 0 Å². The standard InChI is InChI=1S/C14H5Cl6NO5/c15-7-8(16)13(18)6-5(12(7,17)14(13,19)20)9(22)21(10(6)23)26-11(24)4-2-1-3-25-4/h1-3,5-6H/t5-,6-,12-,13-/m0/s1. The molecule has 2 aliphatic carbocycles. The SMILES string of the molecule is O=C(ON1C(=O)[C@@H]2[C@@H](C1=O)[C@]1(Cl)C(Cl)=C(Cl)[C@]2(Cl)C1(Cl)Cl)c1ccco1. The summed E-state index contributed by atoms with van der Waals surface area (Å²) >= 11 is 37.9. The summed E-state index contributed by atoms with van der Waals surface area (Å²) in [6.07, 6.45) is 1.22. The van der Waals surface area contributed by atoms with Gasteiger partial charge in [0, 0.05) is 0 Å². The Morgan fingerprint density at radius 2 is 1.54 bits per heavy atom. The van der Waals surface area contributed by atoms with E-state index in [2.05, 4.69) is 0 Å². The van der Waals surface area contributed by atoms with Crippen LogP contribution in [0.25, 0.3) is 0 Å². The molecule has 1 aromatic rings. The second kappa shape index (κ2) is 5.46. The molecule has 12 heteroatoms. The minimum absolute atomic E-state index is 0.218. The number of fused-ring (bicyclic) bond motifs is 5. The van der Waals surface area contributed by atoms with Crippen LogP contribution in [0.5, 0.6) is 0 Å². The van der Waals surface area contributed by atoms with Crippen LogP contribution in [0.3, 0.4) is 0 Å². The lowest BCUT2D eigenvalue weighted by Gasteiger charge is -2.34. The predicted molar refractivity (Wildman–Crippen MR) is 93.3 cm³/mol. The molecule has 1 saturated heterocycles. The number of carbonyl (C=O) groups excluding carboxylic acids is 3. The van der Waals surface area contributed by atoms with E-state index in [-0.39, 0.29) is 20.9 Å². The molecule has 0 aromatic carbocycles. The van der Waals surface area contributed by atoms with E-state index in [0.29, 0.717) is 0 Å². The summed E-state index contributed by atoms with van der Waals surface area (Å²) in [4.78, 5) is 38.6. The number of rotatable bonds is 2. The zero-order valence-corrected chi connectivity index (χ0v) is 16.7. The smallest absolute Gasteiger partial charge is 0.398 e. The van der Waals surface area contributed by atoms with Crippen LogP contribution in [0.1, 0.15) is 10.6 Å². The largest absolute Gasteiger partial charge is 0.457 e. The Bertz CT molecular complexity index is 852. The van der Waals surface area contributed by atoms with Gasteiger partial charge in [-0.15, -0.1) is 28.3 Å². The van der Waals surface area contributed by atoms with Crippen LogP contribution in [0, 0.1) is 11.8 Å². The lowest BCUT2D eigenvalue weighted by atomic mass is 9.84. The van der Waals surface area contributed by atoms with Crippen LogP contribution in [0.15, 0.2) is 32.9 Å². The van der Waals surface area contributed by atoms with Crippen LogP contribution in [-0.2, 0) is 14.4 Å². The van der Waals surface area contributed by atoms with Gasteiger partial charge in [0.25, 0.3) is 11.8 Å². The van der Waals surface area contributed by atoms with Crippen molar-refractivity contribution < 1.29 is 23.6 Å². The van der Waals surface area contributed by atoms with E-state index >= 15 is 0 Å². The van der Waals surface area contributed by atoms with E-state index in [1.807, 2.05) is 0 Å². The quantitative estimate of drug-likeness (QED) is 0.476. The summed E-state index contributed by atoms with van der Waals surface area (Å²) < 4.78 is 2.82. The first-order valence-electron chi connectivity index (χ1n) is 6.96. The van der Waals surface area contributed by atoms with Gasteiger partial charge in [-0.05, 0) is 12.1 Å². The fourth-order valence-corrected chi connectivity index (χ4v) is 6.51. The third-order valence-corrected chi connectivity index (χ3v) is 9.02. The van der Waals surface area contributed by atoms with E-state index in [1.165, 1.54) is 18.4 Å². The number of hydroxylamine groups is 2. The first-order chi connectivity index (χ1) is 12.0. The highest BCUT2D eigenvalue weighted by molar-refractivity contribution is 6.66. The highest BCUT2D eigenvalue weighted by atomic mass is 35.5. The van der Waals surface area contributed by atoms with Crippen molar-refractivity contribution >= 4 is 87.4 Å². The molecule has 1 saturated carbocycles. The van der Waals surface area contributed by atoms with Crippen molar-refractivity contribution in [3.63, 3.8) is 0 Å². The molecule has 2 amide bonds. The van der Waals surface area contributed by atoms with Gasteiger partial charge in [-0.3, -0.25) is 9.59 Å². The second-order valence-electron chi connectivity index (χ2n) is 5.91. The molecule has 6 nitrogen and oxygen atoms in total. The monoisotopic (exact) mass is 477 g/mol. The predicted octanol–water partition coefficient (Wildman–Crippen LogP) is 3.80. The minimum atomic E-state index is -2.05.